The Labute approximate surface area is 103 Å². The fraction of sp³-hybridized carbons (Fsp3) is 0.167. The Bertz CT molecular complexity index is 474. The molecule has 0 N–H and O–H groups in total. The van der Waals surface area contributed by atoms with Crippen LogP contribution in [0.5, 0.6) is 5.88 Å². The van der Waals surface area contributed by atoms with Crippen LogP contribution in [0.3, 0.4) is 0 Å². The van der Waals surface area contributed by atoms with Crippen LogP contribution >= 0.6 is 15.9 Å². The van der Waals surface area contributed by atoms with Gasteiger partial charge in [-0.05, 0) is 11.6 Å². The molecular weight excluding hydrogens is 268 g/mol. The Morgan fingerprint density at radius 3 is 2.88 bits per heavy atom. The first kappa shape index (κ1) is 11.1. The number of pyridine rings is 2. The molecule has 0 fully saturated rings. The highest BCUT2D eigenvalue weighted by molar-refractivity contribution is 9.08. The second-order valence-corrected chi connectivity index (χ2v) is 3.82. The quantitative estimate of drug-likeness (QED) is 0.810. The van der Waals surface area contributed by atoms with E-state index in [1.54, 1.807) is 13.3 Å². The molecule has 3 nitrogen and oxygen atoms in total. The lowest BCUT2D eigenvalue weighted by Gasteiger charge is -2.08. The number of nitrogens with zero attached hydrogens (tertiary/aromatic N) is 2. The van der Waals surface area contributed by atoms with Crippen molar-refractivity contribution in [3.05, 3.63) is 42.4 Å². The molecule has 2 rings (SSSR count). The van der Waals surface area contributed by atoms with E-state index >= 15 is 0 Å². The molecule has 16 heavy (non-hydrogen) atoms. The lowest BCUT2D eigenvalue weighted by Crippen LogP contribution is -1.93. The molecule has 4 heteroatoms. The molecule has 0 aliphatic carbocycles. The first-order valence-corrected chi connectivity index (χ1v) is 5.96. The van der Waals surface area contributed by atoms with Gasteiger partial charge in [0.15, 0.2) is 0 Å². The highest BCUT2D eigenvalue weighted by Crippen LogP contribution is 2.26. The van der Waals surface area contributed by atoms with E-state index in [2.05, 4.69) is 25.9 Å². The molecular formula is C12H11BrN2O. The van der Waals surface area contributed by atoms with E-state index in [-0.39, 0.29) is 0 Å². The van der Waals surface area contributed by atoms with Crippen molar-refractivity contribution >= 4 is 15.9 Å². The predicted octanol–water partition coefficient (Wildman–Crippen LogP) is 3.05. The van der Waals surface area contributed by atoms with Gasteiger partial charge in [0.05, 0.1) is 7.11 Å². The summed E-state index contributed by atoms with van der Waals surface area (Å²) in [6, 6.07) is 5.86. The second kappa shape index (κ2) is 5.07. The molecule has 2 heterocycles. The minimum absolute atomic E-state index is 0.627. The number of methoxy groups -OCH3 is 1. The summed E-state index contributed by atoms with van der Waals surface area (Å²) < 4.78 is 5.10. The number of aromatic nitrogens is 2. The molecule has 82 valence electrons. The van der Waals surface area contributed by atoms with E-state index in [1.807, 2.05) is 30.6 Å². The summed E-state index contributed by atoms with van der Waals surface area (Å²) >= 11 is 3.47. The van der Waals surface area contributed by atoms with Gasteiger partial charge in [0.1, 0.15) is 0 Å². The van der Waals surface area contributed by atoms with Gasteiger partial charge in [0, 0.05) is 41.1 Å². The van der Waals surface area contributed by atoms with E-state index in [0.717, 1.165) is 22.0 Å². The van der Waals surface area contributed by atoms with Crippen molar-refractivity contribution in [1.29, 1.82) is 0 Å². The average Bonchev–Trinajstić information content (AvgIpc) is 2.39. The zero-order chi connectivity index (χ0) is 11.4. The molecule has 0 atom stereocenters. The monoisotopic (exact) mass is 278 g/mol. The second-order valence-electron chi connectivity index (χ2n) is 3.26. The van der Waals surface area contributed by atoms with Gasteiger partial charge >= 0.3 is 0 Å². The van der Waals surface area contributed by atoms with Crippen LogP contribution in [0.4, 0.5) is 0 Å². The van der Waals surface area contributed by atoms with Crippen LogP contribution in [0.15, 0.2) is 36.8 Å². The first-order chi connectivity index (χ1) is 7.85. The minimum Gasteiger partial charge on any atom is -0.481 e. The first-order valence-electron chi connectivity index (χ1n) is 4.84. The maximum Gasteiger partial charge on any atom is 0.213 e. The lowest BCUT2D eigenvalue weighted by molar-refractivity contribution is 0.397. The largest absolute Gasteiger partial charge is 0.481 e. The van der Waals surface area contributed by atoms with Crippen LogP contribution in [0.2, 0.25) is 0 Å². The molecule has 2 aromatic rings. The summed E-state index contributed by atoms with van der Waals surface area (Å²) in [5.74, 6) is 0.627. The summed E-state index contributed by atoms with van der Waals surface area (Å²) in [5, 5.41) is 0.760. The zero-order valence-corrected chi connectivity index (χ0v) is 10.4. The number of alkyl halides is 1. The standard InChI is InChI=1S/C12H11BrN2O/c1-16-12-5-10(6-13)11(8-15-12)9-3-2-4-14-7-9/h2-5,7-8H,6H2,1H3. The van der Waals surface area contributed by atoms with Crippen LogP contribution in [0.1, 0.15) is 5.56 Å². The zero-order valence-electron chi connectivity index (χ0n) is 8.85. The summed E-state index contributed by atoms with van der Waals surface area (Å²) in [7, 11) is 1.62. The van der Waals surface area contributed by atoms with Crippen molar-refractivity contribution in [3.8, 4) is 17.0 Å². The van der Waals surface area contributed by atoms with Crippen molar-refractivity contribution in [2.24, 2.45) is 0 Å². The predicted molar refractivity (Wildman–Crippen MR) is 66.7 cm³/mol. The molecule has 0 unspecified atom stereocenters. The van der Waals surface area contributed by atoms with E-state index in [9.17, 15) is 0 Å². The SMILES string of the molecule is COc1cc(CBr)c(-c2cccnc2)cn1. The Morgan fingerprint density at radius 2 is 2.25 bits per heavy atom. The Hall–Kier alpha value is -1.42. The van der Waals surface area contributed by atoms with Crippen molar-refractivity contribution < 1.29 is 4.74 Å². The van der Waals surface area contributed by atoms with Crippen molar-refractivity contribution in [3.63, 3.8) is 0 Å². The van der Waals surface area contributed by atoms with E-state index in [1.165, 1.54) is 0 Å². The molecule has 0 amide bonds. The number of ether oxygens (including phenoxy) is 1. The highest BCUT2D eigenvalue weighted by atomic mass is 79.9. The summed E-state index contributed by atoms with van der Waals surface area (Å²) in [6.07, 6.45) is 5.40. The Morgan fingerprint density at radius 1 is 1.38 bits per heavy atom. The van der Waals surface area contributed by atoms with Gasteiger partial charge in [-0.3, -0.25) is 4.98 Å². The minimum atomic E-state index is 0.627. The Balaban J connectivity index is 2.49. The van der Waals surface area contributed by atoms with Crippen LogP contribution < -0.4 is 4.74 Å². The molecule has 0 saturated carbocycles. The third-order valence-electron chi connectivity index (χ3n) is 2.29. The van der Waals surface area contributed by atoms with E-state index in [0.29, 0.717) is 5.88 Å². The van der Waals surface area contributed by atoms with Crippen LogP contribution in [0, 0.1) is 0 Å². The fourth-order valence-electron chi connectivity index (χ4n) is 1.48. The van der Waals surface area contributed by atoms with Crippen LogP contribution in [0.25, 0.3) is 11.1 Å². The van der Waals surface area contributed by atoms with Gasteiger partial charge in [-0.15, -0.1) is 0 Å². The lowest BCUT2D eigenvalue weighted by atomic mass is 10.1. The molecule has 0 radical (unpaired) electrons. The van der Waals surface area contributed by atoms with E-state index in [4.69, 9.17) is 4.74 Å². The van der Waals surface area contributed by atoms with Crippen molar-refractivity contribution in [1.82, 2.24) is 9.97 Å². The smallest absolute Gasteiger partial charge is 0.213 e. The maximum absolute atomic E-state index is 5.10. The molecule has 0 aliphatic rings. The topological polar surface area (TPSA) is 35.0 Å². The average molecular weight is 279 g/mol. The van der Waals surface area contributed by atoms with Gasteiger partial charge in [-0.1, -0.05) is 22.0 Å². The molecule has 0 spiro atoms. The maximum atomic E-state index is 5.10. The fourth-order valence-corrected chi connectivity index (χ4v) is 1.94. The van der Waals surface area contributed by atoms with Gasteiger partial charge in [-0.2, -0.15) is 0 Å². The summed E-state index contributed by atoms with van der Waals surface area (Å²) in [5.41, 5.74) is 3.28. The third kappa shape index (κ3) is 2.22. The van der Waals surface area contributed by atoms with Gasteiger partial charge in [0.25, 0.3) is 0 Å². The summed E-state index contributed by atoms with van der Waals surface area (Å²) in [6.45, 7) is 0. The highest BCUT2D eigenvalue weighted by Gasteiger charge is 2.06. The Kier molecular flexibility index (Phi) is 3.51. The van der Waals surface area contributed by atoms with Gasteiger partial charge in [0.2, 0.25) is 5.88 Å². The molecule has 0 aromatic carbocycles. The molecule has 0 aliphatic heterocycles. The van der Waals surface area contributed by atoms with Gasteiger partial charge in [-0.25, -0.2) is 4.98 Å². The molecule has 0 bridgehead atoms. The van der Waals surface area contributed by atoms with Crippen molar-refractivity contribution in [2.45, 2.75) is 5.33 Å². The molecule has 0 saturated heterocycles. The van der Waals surface area contributed by atoms with Gasteiger partial charge < -0.3 is 4.74 Å². The number of halogens is 1. The number of rotatable bonds is 3. The van der Waals surface area contributed by atoms with E-state index < -0.39 is 0 Å². The van der Waals surface area contributed by atoms with Crippen molar-refractivity contribution in [2.75, 3.05) is 7.11 Å². The summed E-state index contributed by atoms with van der Waals surface area (Å²) in [4.78, 5) is 8.32. The normalized spacial score (nSPS) is 10.1. The number of hydrogen-bond acceptors (Lipinski definition) is 3. The molecule has 2 aromatic heterocycles. The van der Waals surface area contributed by atoms with Crippen LogP contribution in [-0.4, -0.2) is 17.1 Å². The number of hydrogen-bond donors (Lipinski definition) is 0. The van der Waals surface area contributed by atoms with Crippen LogP contribution in [-0.2, 0) is 5.33 Å². The third-order valence-corrected chi connectivity index (χ3v) is 2.89.